The van der Waals surface area contributed by atoms with Gasteiger partial charge in [-0.05, 0) is 48.7 Å². The fourth-order valence-electron chi connectivity index (χ4n) is 3.34. The molecular formula is C22H21NO5. The van der Waals surface area contributed by atoms with Crippen molar-refractivity contribution in [1.82, 2.24) is 4.90 Å². The van der Waals surface area contributed by atoms with Gasteiger partial charge in [0.25, 0.3) is 5.91 Å². The number of amides is 1. The molecule has 2 aliphatic rings. The van der Waals surface area contributed by atoms with Crippen LogP contribution in [-0.4, -0.2) is 43.4 Å². The Morgan fingerprint density at radius 3 is 2.75 bits per heavy atom. The molecule has 0 unspecified atom stereocenters. The van der Waals surface area contributed by atoms with Crippen LogP contribution in [0.2, 0.25) is 0 Å². The third-order valence-corrected chi connectivity index (χ3v) is 4.85. The quantitative estimate of drug-likeness (QED) is 0.746. The molecule has 0 atom stereocenters. The van der Waals surface area contributed by atoms with E-state index in [1.165, 1.54) is 0 Å². The number of ketones is 1. The molecule has 6 nitrogen and oxygen atoms in total. The maximum absolute atomic E-state index is 12.6. The first-order valence-corrected chi connectivity index (χ1v) is 9.27. The van der Waals surface area contributed by atoms with E-state index in [0.717, 1.165) is 31.5 Å². The highest BCUT2D eigenvalue weighted by molar-refractivity contribution is 6.14. The molecule has 144 valence electrons. The lowest BCUT2D eigenvalue weighted by atomic mass is 10.1. The first-order chi connectivity index (χ1) is 13.6. The molecule has 1 saturated heterocycles. The summed E-state index contributed by atoms with van der Waals surface area (Å²) in [6.07, 6.45) is 3.77. The molecular weight excluding hydrogens is 358 g/mol. The number of nitrogens with zero attached hydrogens (tertiary/aromatic N) is 1. The molecule has 0 N–H and O–H groups in total. The van der Waals surface area contributed by atoms with E-state index in [4.69, 9.17) is 14.2 Å². The Kier molecular flexibility index (Phi) is 5.02. The highest BCUT2D eigenvalue weighted by atomic mass is 16.5. The molecule has 0 bridgehead atoms. The van der Waals surface area contributed by atoms with E-state index in [-0.39, 0.29) is 24.1 Å². The largest absolute Gasteiger partial charge is 0.497 e. The predicted molar refractivity (Wildman–Crippen MR) is 104 cm³/mol. The van der Waals surface area contributed by atoms with Gasteiger partial charge in [0.2, 0.25) is 5.78 Å². The second-order valence-electron chi connectivity index (χ2n) is 6.75. The highest BCUT2D eigenvalue weighted by Gasteiger charge is 2.28. The standard InChI is InChI=1S/C22H21NO5/c1-26-16-6-4-5-15(11-16)12-20-22(25)18-8-7-17(13-19(18)28-20)27-14-21(24)23-9-2-3-10-23/h4-8,11-13H,2-3,9-10,14H2,1H3. The van der Waals surface area contributed by atoms with Crippen LogP contribution in [0.25, 0.3) is 6.08 Å². The van der Waals surface area contributed by atoms with E-state index in [2.05, 4.69) is 0 Å². The molecule has 0 aliphatic carbocycles. The minimum atomic E-state index is -0.183. The number of benzene rings is 2. The average Bonchev–Trinajstić information content (AvgIpc) is 3.35. The molecule has 2 aliphatic heterocycles. The summed E-state index contributed by atoms with van der Waals surface area (Å²) in [7, 11) is 1.59. The molecule has 4 rings (SSSR count). The van der Waals surface area contributed by atoms with Gasteiger partial charge in [0.05, 0.1) is 12.7 Å². The summed E-state index contributed by atoms with van der Waals surface area (Å²) >= 11 is 0. The minimum Gasteiger partial charge on any atom is -0.497 e. The number of Topliss-reactive ketones (excluding diaryl/α,β-unsaturated/α-hetero) is 1. The smallest absolute Gasteiger partial charge is 0.260 e. The Balaban J connectivity index is 1.46. The average molecular weight is 379 g/mol. The molecule has 1 fully saturated rings. The van der Waals surface area contributed by atoms with Crippen molar-refractivity contribution >= 4 is 17.8 Å². The maximum Gasteiger partial charge on any atom is 0.260 e. The Morgan fingerprint density at radius 2 is 1.96 bits per heavy atom. The third-order valence-electron chi connectivity index (χ3n) is 4.85. The zero-order valence-electron chi connectivity index (χ0n) is 15.6. The lowest BCUT2D eigenvalue weighted by molar-refractivity contribution is -0.132. The molecule has 2 aromatic carbocycles. The van der Waals surface area contributed by atoms with Gasteiger partial charge in [0, 0.05) is 19.2 Å². The number of carbonyl (C=O) groups excluding carboxylic acids is 2. The summed E-state index contributed by atoms with van der Waals surface area (Å²) in [6.45, 7) is 1.57. The van der Waals surface area contributed by atoms with Gasteiger partial charge in [-0.3, -0.25) is 9.59 Å². The van der Waals surface area contributed by atoms with Crippen molar-refractivity contribution in [2.45, 2.75) is 12.8 Å². The van der Waals surface area contributed by atoms with E-state index in [0.29, 0.717) is 22.8 Å². The number of hydrogen-bond donors (Lipinski definition) is 0. The van der Waals surface area contributed by atoms with Crippen LogP contribution >= 0.6 is 0 Å². The Hall–Kier alpha value is -3.28. The second-order valence-corrected chi connectivity index (χ2v) is 6.75. The van der Waals surface area contributed by atoms with E-state index in [1.807, 2.05) is 29.2 Å². The molecule has 0 saturated carbocycles. The van der Waals surface area contributed by atoms with E-state index < -0.39 is 0 Å². The molecule has 0 aromatic heterocycles. The predicted octanol–water partition coefficient (Wildman–Crippen LogP) is 3.31. The summed E-state index contributed by atoms with van der Waals surface area (Å²) < 4.78 is 16.5. The van der Waals surface area contributed by atoms with Crippen LogP contribution in [0.5, 0.6) is 17.2 Å². The van der Waals surface area contributed by atoms with Crippen molar-refractivity contribution in [1.29, 1.82) is 0 Å². The lowest BCUT2D eigenvalue weighted by Gasteiger charge is -2.15. The number of rotatable bonds is 5. The zero-order chi connectivity index (χ0) is 19.5. The van der Waals surface area contributed by atoms with Crippen LogP contribution in [0.15, 0.2) is 48.2 Å². The molecule has 0 spiro atoms. The van der Waals surface area contributed by atoms with Gasteiger partial charge in [-0.25, -0.2) is 0 Å². The van der Waals surface area contributed by atoms with E-state index >= 15 is 0 Å². The Morgan fingerprint density at radius 1 is 1.14 bits per heavy atom. The lowest BCUT2D eigenvalue weighted by Crippen LogP contribution is -2.32. The van der Waals surface area contributed by atoms with E-state index in [9.17, 15) is 9.59 Å². The highest BCUT2D eigenvalue weighted by Crippen LogP contribution is 2.35. The van der Waals surface area contributed by atoms with Crippen LogP contribution < -0.4 is 14.2 Å². The van der Waals surface area contributed by atoms with Crippen molar-refractivity contribution < 1.29 is 23.8 Å². The van der Waals surface area contributed by atoms with Gasteiger partial charge >= 0.3 is 0 Å². The van der Waals surface area contributed by atoms with E-state index in [1.54, 1.807) is 31.4 Å². The first-order valence-electron chi connectivity index (χ1n) is 9.27. The van der Waals surface area contributed by atoms with Crippen LogP contribution in [0, 0.1) is 0 Å². The topological polar surface area (TPSA) is 65.1 Å². The summed E-state index contributed by atoms with van der Waals surface area (Å²) in [6, 6.07) is 12.4. The van der Waals surface area contributed by atoms with Crippen molar-refractivity contribution in [2.75, 3.05) is 26.8 Å². The van der Waals surface area contributed by atoms with Gasteiger partial charge in [-0.1, -0.05) is 12.1 Å². The van der Waals surface area contributed by atoms with Gasteiger partial charge in [-0.2, -0.15) is 0 Å². The zero-order valence-corrected chi connectivity index (χ0v) is 15.6. The molecule has 0 radical (unpaired) electrons. The molecule has 28 heavy (non-hydrogen) atoms. The van der Waals surface area contributed by atoms with Gasteiger partial charge in [0.15, 0.2) is 12.4 Å². The SMILES string of the molecule is COc1cccc(C=C2Oc3cc(OCC(=O)N4CCCC4)ccc3C2=O)c1. The molecule has 2 heterocycles. The van der Waals surface area contributed by atoms with Gasteiger partial charge < -0.3 is 19.1 Å². The number of allylic oxidation sites excluding steroid dienone is 1. The van der Waals surface area contributed by atoms with Crippen molar-refractivity contribution in [3.63, 3.8) is 0 Å². The monoisotopic (exact) mass is 379 g/mol. The molecule has 1 amide bonds. The summed E-state index contributed by atoms with van der Waals surface area (Å²) in [5, 5.41) is 0. The molecule has 6 heteroatoms. The van der Waals surface area contributed by atoms with Crippen LogP contribution in [-0.2, 0) is 4.79 Å². The first kappa shape index (κ1) is 18.1. The minimum absolute atomic E-state index is 0.0146. The van der Waals surface area contributed by atoms with Gasteiger partial charge in [-0.15, -0.1) is 0 Å². The van der Waals surface area contributed by atoms with Crippen LogP contribution in [0.3, 0.4) is 0 Å². The fraction of sp³-hybridized carbons (Fsp3) is 0.273. The summed E-state index contributed by atoms with van der Waals surface area (Å²) in [4.78, 5) is 26.5. The normalized spacial score (nSPS) is 16.8. The number of fused-ring (bicyclic) bond motifs is 1. The van der Waals surface area contributed by atoms with Gasteiger partial charge in [0.1, 0.15) is 17.2 Å². The number of carbonyl (C=O) groups is 2. The summed E-state index contributed by atoms with van der Waals surface area (Å²) in [5.74, 6) is 1.68. The second kappa shape index (κ2) is 7.76. The van der Waals surface area contributed by atoms with Crippen LogP contribution in [0.4, 0.5) is 0 Å². The number of hydrogen-bond acceptors (Lipinski definition) is 5. The summed E-state index contributed by atoms with van der Waals surface area (Å²) in [5.41, 5.74) is 1.29. The number of ether oxygens (including phenoxy) is 3. The Labute approximate surface area is 163 Å². The number of methoxy groups -OCH3 is 1. The third kappa shape index (κ3) is 3.71. The maximum atomic E-state index is 12.6. The van der Waals surface area contributed by atoms with Crippen molar-refractivity contribution in [3.8, 4) is 17.2 Å². The molecule has 2 aromatic rings. The Bertz CT molecular complexity index is 944. The number of likely N-dealkylation sites (tertiary alicyclic amines) is 1. The van der Waals surface area contributed by atoms with Crippen molar-refractivity contribution in [2.24, 2.45) is 0 Å². The van der Waals surface area contributed by atoms with Crippen molar-refractivity contribution in [3.05, 3.63) is 59.4 Å². The fourth-order valence-corrected chi connectivity index (χ4v) is 3.34. The van der Waals surface area contributed by atoms with Crippen LogP contribution in [0.1, 0.15) is 28.8 Å².